The first kappa shape index (κ1) is 18.5. The largest absolute Gasteiger partial charge is 0.454 e. The highest BCUT2D eigenvalue weighted by molar-refractivity contribution is 5.66. The topological polar surface area (TPSA) is 74.2 Å². The second-order valence-corrected chi connectivity index (χ2v) is 6.03. The molecule has 1 aliphatic heterocycles. The minimum Gasteiger partial charge on any atom is -0.454 e. The average Bonchev–Trinajstić information content (AvgIpc) is 2.94. The summed E-state index contributed by atoms with van der Waals surface area (Å²) in [7, 11) is 0. The predicted molar refractivity (Wildman–Crippen MR) is 92.7 cm³/mol. The lowest BCUT2D eigenvalue weighted by Gasteiger charge is -2.23. The van der Waals surface area contributed by atoms with E-state index in [9.17, 15) is 9.90 Å². The summed E-state index contributed by atoms with van der Waals surface area (Å²) in [5.41, 5.74) is 1.92. The first-order chi connectivity index (χ1) is 12.6. The summed E-state index contributed by atoms with van der Waals surface area (Å²) >= 11 is 0. The smallest absolute Gasteiger partial charge is 0.303 e. The third kappa shape index (κ3) is 4.89. The molecule has 26 heavy (non-hydrogen) atoms. The van der Waals surface area contributed by atoms with Crippen molar-refractivity contribution >= 4 is 5.97 Å². The van der Waals surface area contributed by atoms with E-state index in [4.69, 9.17) is 18.9 Å². The van der Waals surface area contributed by atoms with Gasteiger partial charge in [-0.1, -0.05) is 60.7 Å². The molecule has 0 amide bonds. The summed E-state index contributed by atoms with van der Waals surface area (Å²) in [5.74, 6) is -0.519. The van der Waals surface area contributed by atoms with Crippen LogP contribution in [0.15, 0.2) is 60.7 Å². The fraction of sp³-hybridized carbons (Fsp3) is 0.350. The number of hydrogen-bond donors (Lipinski definition) is 1. The number of rotatable bonds is 7. The molecule has 0 saturated carbocycles. The van der Waals surface area contributed by atoms with Gasteiger partial charge in [-0.2, -0.15) is 0 Å². The van der Waals surface area contributed by atoms with Crippen LogP contribution in [0.5, 0.6) is 0 Å². The van der Waals surface area contributed by atoms with Gasteiger partial charge in [0.2, 0.25) is 0 Å². The molecule has 2 aromatic carbocycles. The van der Waals surface area contributed by atoms with Crippen molar-refractivity contribution in [2.45, 2.75) is 44.9 Å². The molecule has 1 heterocycles. The first-order valence-electron chi connectivity index (χ1n) is 8.45. The van der Waals surface area contributed by atoms with Gasteiger partial charge in [0.15, 0.2) is 24.8 Å². The first-order valence-corrected chi connectivity index (χ1v) is 8.45. The maximum atomic E-state index is 11.4. The van der Waals surface area contributed by atoms with Crippen molar-refractivity contribution < 1.29 is 28.8 Å². The van der Waals surface area contributed by atoms with E-state index in [1.54, 1.807) is 0 Å². The van der Waals surface area contributed by atoms with E-state index in [0.29, 0.717) is 0 Å². The molecule has 1 fully saturated rings. The summed E-state index contributed by atoms with van der Waals surface area (Å²) in [6.07, 6.45) is -3.84. The van der Waals surface area contributed by atoms with E-state index in [-0.39, 0.29) is 13.2 Å². The van der Waals surface area contributed by atoms with Crippen LogP contribution in [-0.4, -0.2) is 35.9 Å². The van der Waals surface area contributed by atoms with E-state index < -0.39 is 30.8 Å². The zero-order valence-corrected chi connectivity index (χ0v) is 14.5. The highest BCUT2D eigenvalue weighted by atomic mass is 16.8. The number of aliphatic hydroxyl groups excluding tert-OH is 1. The van der Waals surface area contributed by atoms with Gasteiger partial charge < -0.3 is 24.1 Å². The van der Waals surface area contributed by atoms with Gasteiger partial charge >= 0.3 is 5.97 Å². The second kappa shape index (κ2) is 8.91. The van der Waals surface area contributed by atoms with Crippen molar-refractivity contribution in [3.05, 3.63) is 71.8 Å². The molecule has 6 heteroatoms. The zero-order valence-electron chi connectivity index (χ0n) is 14.5. The standard InChI is InChI=1S/C20H22O6/c1-14(21)25-17-18(23-12-15-8-4-2-5-9-15)20(26-19(17)22)24-13-16-10-6-3-7-11-16/h2-11,17-20,22H,12-13H2,1H3. The van der Waals surface area contributed by atoms with Crippen LogP contribution in [0.4, 0.5) is 0 Å². The summed E-state index contributed by atoms with van der Waals surface area (Å²) < 4.78 is 22.3. The Hall–Kier alpha value is -2.25. The molecule has 0 spiro atoms. The van der Waals surface area contributed by atoms with Gasteiger partial charge in [-0.25, -0.2) is 0 Å². The Bertz CT molecular complexity index is 690. The lowest BCUT2D eigenvalue weighted by molar-refractivity contribution is -0.215. The molecule has 0 radical (unpaired) electrons. The number of benzene rings is 2. The van der Waals surface area contributed by atoms with Crippen LogP contribution in [0.25, 0.3) is 0 Å². The monoisotopic (exact) mass is 358 g/mol. The molecule has 0 bridgehead atoms. The van der Waals surface area contributed by atoms with Gasteiger partial charge in [-0.3, -0.25) is 4.79 Å². The lowest BCUT2D eigenvalue weighted by Crippen LogP contribution is -2.39. The Labute approximate surface area is 152 Å². The van der Waals surface area contributed by atoms with Gasteiger partial charge in [-0.15, -0.1) is 0 Å². The van der Waals surface area contributed by atoms with E-state index in [1.165, 1.54) is 6.92 Å². The minimum atomic E-state index is -1.31. The fourth-order valence-electron chi connectivity index (χ4n) is 2.75. The van der Waals surface area contributed by atoms with Crippen LogP contribution >= 0.6 is 0 Å². The number of ether oxygens (including phenoxy) is 4. The van der Waals surface area contributed by atoms with Crippen LogP contribution in [0.2, 0.25) is 0 Å². The Morgan fingerprint density at radius 1 is 0.923 bits per heavy atom. The second-order valence-electron chi connectivity index (χ2n) is 6.03. The third-order valence-corrected chi connectivity index (χ3v) is 3.99. The predicted octanol–water partition coefficient (Wildman–Crippen LogP) is 2.40. The molecule has 4 unspecified atom stereocenters. The van der Waals surface area contributed by atoms with Gasteiger partial charge in [0.25, 0.3) is 0 Å². The number of hydrogen-bond acceptors (Lipinski definition) is 6. The number of carbonyl (C=O) groups is 1. The Balaban J connectivity index is 1.67. The van der Waals surface area contributed by atoms with Gasteiger partial charge in [0.05, 0.1) is 13.2 Å². The quantitative estimate of drug-likeness (QED) is 0.766. The normalized spacial score (nSPS) is 25.2. The molecule has 4 atom stereocenters. The molecular weight excluding hydrogens is 336 g/mol. The van der Waals surface area contributed by atoms with Crippen LogP contribution < -0.4 is 0 Å². The van der Waals surface area contributed by atoms with E-state index in [2.05, 4.69) is 0 Å². The molecule has 0 aliphatic carbocycles. The summed E-state index contributed by atoms with van der Waals surface area (Å²) in [4.78, 5) is 11.4. The van der Waals surface area contributed by atoms with Gasteiger partial charge in [0.1, 0.15) is 0 Å². The summed E-state index contributed by atoms with van der Waals surface area (Å²) in [5, 5.41) is 10.1. The number of esters is 1. The Morgan fingerprint density at radius 3 is 2.00 bits per heavy atom. The lowest BCUT2D eigenvalue weighted by atomic mass is 10.2. The third-order valence-electron chi connectivity index (χ3n) is 3.99. The highest BCUT2D eigenvalue weighted by Crippen LogP contribution is 2.28. The van der Waals surface area contributed by atoms with Crippen molar-refractivity contribution in [2.24, 2.45) is 0 Å². The van der Waals surface area contributed by atoms with E-state index >= 15 is 0 Å². The van der Waals surface area contributed by atoms with Crippen molar-refractivity contribution in [3.63, 3.8) is 0 Å². The zero-order chi connectivity index (χ0) is 18.4. The molecule has 1 aliphatic rings. The molecular formula is C20H22O6. The molecule has 0 aromatic heterocycles. The van der Waals surface area contributed by atoms with Crippen LogP contribution in [-0.2, 0) is 37.0 Å². The van der Waals surface area contributed by atoms with E-state index in [0.717, 1.165) is 11.1 Å². The molecule has 1 saturated heterocycles. The number of carbonyl (C=O) groups excluding carboxylic acids is 1. The van der Waals surface area contributed by atoms with E-state index in [1.807, 2.05) is 60.7 Å². The molecule has 1 N–H and O–H groups in total. The minimum absolute atomic E-state index is 0.282. The van der Waals surface area contributed by atoms with Crippen LogP contribution in [0.3, 0.4) is 0 Å². The highest BCUT2D eigenvalue weighted by Gasteiger charge is 2.48. The van der Waals surface area contributed by atoms with Crippen molar-refractivity contribution in [1.82, 2.24) is 0 Å². The molecule has 138 valence electrons. The molecule has 6 nitrogen and oxygen atoms in total. The van der Waals surface area contributed by atoms with Crippen LogP contribution in [0, 0.1) is 0 Å². The van der Waals surface area contributed by atoms with Gasteiger partial charge in [-0.05, 0) is 11.1 Å². The molecule has 3 rings (SSSR count). The number of aliphatic hydroxyl groups is 1. The fourth-order valence-corrected chi connectivity index (χ4v) is 2.75. The maximum Gasteiger partial charge on any atom is 0.303 e. The molecule has 2 aromatic rings. The Morgan fingerprint density at radius 2 is 1.46 bits per heavy atom. The van der Waals surface area contributed by atoms with Crippen molar-refractivity contribution in [3.8, 4) is 0 Å². The maximum absolute atomic E-state index is 11.4. The van der Waals surface area contributed by atoms with Crippen molar-refractivity contribution in [1.29, 1.82) is 0 Å². The SMILES string of the molecule is CC(=O)OC1C(O)OC(OCc2ccccc2)C1OCc1ccccc1. The average molecular weight is 358 g/mol. The van der Waals surface area contributed by atoms with Gasteiger partial charge in [0, 0.05) is 6.92 Å². The summed E-state index contributed by atoms with van der Waals surface area (Å²) in [6.45, 7) is 1.85. The summed E-state index contributed by atoms with van der Waals surface area (Å²) in [6, 6.07) is 19.2. The Kier molecular flexibility index (Phi) is 6.35. The van der Waals surface area contributed by atoms with Crippen molar-refractivity contribution in [2.75, 3.05) is 0 Å². The van der Waals surface area contributed by atoms with Crippen LogP contribution in [0.1, 0.15) is 18.1 Å².